The molecule has 0 aliphatic rings. The van der Waals surface area contributed by atoms with E-state index in [1.54, 1.807) is 56.7 Å². The van der Waals surface area contributed by atoms with Crippen molar-refractivity contribution < 1.29 is 24.0 Å². The zero-order valence-electron chi connectivity index (χ0n) is 18.4. The molecule has 8 nitrogen and oxygen atoms in total. The second-order valence-electron chi connectivity index (χ2n) is 7.23. The second kappa shape index (κ2) is 10.9. The van der Waals surface area contributed by atoms with Gasteiger partial charge < -0.3 is 14.8 Å². The molecule has 33 heavy (non-hydrogen) atoms. The van der Waals surface area contributed by atoms with Gasteiger partial charge in [0.05, 0.1) is 25.6 Å². The Labute approximate surface area is 191 Å². The van der Waals surface area contributed by atoms with Gasteiger partial charge in [0.2, 0.25) is 5.91 Å². The summed E-state index contributed by atoms with van der Waals surface area (Å²) in [5, 5.41) is 14.5. The maximum absolute atomic E-state index is 12.8. The molecule has 3 aromatic rings. The van der Waals surface area contributed by atoms with Crippen molar-refractivity contribution in [2.24, 2.45) is 0 Å². The van der Waals surface area contributed by atoms with Crippen molar-refractivity contribution in [3.63, 3.8) is 0 Å². The first-order valence-electron chi connectivity index (χ1n) is 10.3. The number of carbonyl (C=O) groups is 2. The van der Waals surface area contributed by atoms with Crippen LogP contribution in [0.3, 0.4) is 0 Å². The van der Waals surface area contributed by atoms with Gasteiger partial charge in [-0.3, -0.25) is 19.7 Å². The minimum absolute atomic E-state index is 0.0400. The van der Waals surface area contributed by atoms with Crippen molar-refractivity contribution in [3.05, 3.63) is 99.1 Å². The smallest absolute Gasteiger partial charge is 0.284 e. The van der Waals surface area contributed by atoms with Crippen molar-refractivity contribution in [2.75, 3.05) is 20.8 Å². The Hall–Kier alpha value is -4.20. The van der Waals surface area contributed by atoms with E-state index >= 15 is 0 Å². The Morgan fingerprint density at radius 2 is 1.67 bits per heavy atom. The Bertz CT molecular complexity index is 1160. The first-order valence-corrected chi connectivity index (χ1v) is 10.3. The number of nitrogens with zero attached hydrogens (tertiary/aromatic N) is 1. The molecule has 0 spiro atoms. The maximum Gasteiger partial charge on any atom is 0.284 e. The van der Waals surface area contributed by atoms with Gasteiger partial charge in [-0.05, 0) is 30.2 Å². The number of amides is 1. The highest BCUT2D eigenvalue weighted by atomic mass is 16.6. The standard InChI is InChI=1S/C25H24N2O6/c1-32-21-12-11-17(15-22(21)33-2)13-14-26-23(28)16-19-9-6-10-20(24(19)27(30)31)25(29)18-7-4-3-5-8-18/h3-12,15H,13-14,16H2,1-2H3,(H,26,28). The summed E-state index contributed by atoms with van der Waals surface area (Å²) in [6.45, 7) is 0.338. The molecule has 0 saturated carbocycles. The third-order valence-corrected chi connectivity index (χ3v) is 5.12. The van der Waals surface area contributed by atoms with Crippen LogP contribution in [0.4, 0.5) is 5.69 Å². The van der Waals surface area contributed by atoms with Gasteiger partial charge in [0.1, 0.15) is 5.56 Å². The number of rotatable bonds is 10. The minimum Gasteiger partial charge on any atom is -0.493 e. The molecule has 0 unspecified atom stereocenters. The normalized spacial score (nSPS) is 10.4. The summed E-state index contributed by atoms with van der Waals surface area (Å²) in [6, 6.07) is 18.3. The fraction of sp³-hybridized carbons (Fsp3) is 0.200. The van der Waals surface area contributed by atoms with Crippen molar-refractivity contribution in [1.82, 2.24) is 5.32 Å². The van der Waals surface area contributed by atoms with E-state index in [9.17, 15) is 19.7 Å². The predicted octanol–water partition coefficient (Wildman–Crippen LogP) is 3.74. The van der Waals surface area contributed by atoms with Crippen molar-refractivity contribution >= 4 is 17.4 Å². The number of benzene rings is 3. The number of nitro groups is 1. The molecule has 8 heteroatoms. The lowest BCUT2D eigenvalue weighted by molar-refractivity contribution is -0.385. The largest absolute Gasteiger partial charge is 0.493 e. The van der Waals surface area contributed by atoms with Crippen LogP contribution in [0.15, 0.2) is 66.7 Å². The summed E-state index contributed by atoms with van der Waals surface area (Å²) in [5.74, 6) is 0.375. The summed E-state index contributed by atoms with van der Waals surface area (Å²) < 4.78 is 10.5. The van der Waals surface area contributed by atoms with E-state index < -0.39 is 10.7 Å². The molecule has 3 rings (SSSR count). The fourth-order valence-electron chi connectivity index (χ4n) is 3.50. The van der Waals surface area contributed by atoms with Gasteiger partial charge in [-0.25, -0.2) is 0 Å². The topological polar surface area (TPSA) is 108 Å². The van der Waals surface area contributed by atoms with E-state index in [1.165, 1.54) is 12.1 Å². The molecule has 0 saturated heterocycles. The summed E-state index contributed by atoms with van der Waals surface area (Å²) >= 11 is 0. The summed E-state index contributed by atoms with van der Waals surface area (Å²) in [7, 11) is 3.10. The highest BCUT2D eigenvalue weighted by molar-refractivity contribution is 6.11. The molecule has 0 radical (unpaired) electrons. The lowest BCUT2D eigenvalue weighted by Gasteiger charge is -2.11. The number of nitro benzene ring substituents is 1. The SMILES string of the molecule is COc1ccc(CCNC(=O)Cc2cccc(C(=O)c3ccccc3)c2[N+](=O)[O-])cc1OC. The van der Waals surface area contributed by atoms with Gasteiger partial charge in [-0.2, -0.15) is 0 Å². The Morgan fingerprint density at radius 1 is 0.939 bits per heavy atom. The van der Waals surface area contributed by atoms with E-state index in [1.807, 2.05) is 12.1 Å². The molecule has 0 aliphatic heterocycles. The van der Waals surface area contributed by atoms with Crippen LogP contribution in [-0.4, -0.2) is 37.4 Å². The summed E-state index contributed by atoms with van der Waals surface area (Å²) in [5.41, 5.74) is 1.08. The van der Waals surface area contributed by atoms with Crippen LogP contribution in [0.5, 0.6) is 11.5 Å². The molecule has 1 amide bonds. The van der Waals surface area contributed by atoms with Crippen LogP contribution >= 0.6 is 0 Å². The molecule has 170 valence electrons. The molecule has 0 heterocycles. The Kier molecular flexibility index (Phi) is 7.75. The van der Waals surface area contributed by atoms with E-state index in [0.717, 1.165) is 5.56 Å². The van der Waals surface area contributed by atoms with Crippen LogP contribution < -0.4 is 14.8 Å². The van der Waals surface area contributed by atoms with Crippen molar-refractivity contribution in [1.29, 1.82) is 0 Å². The van der Waals surface area contributed by atoms with Crippen LogP contribution in [-0.2, 0) is 17.6 Å². The average Bonchev–Trinajstić information content (AvgIpc) is 2.83. The van der Waals surface area contributed by atoms with E-state index in [2.05, 4.69) is 5.32 Å². The van der Waals surface area contributed by atoms with Gasteiger partial charge in [0, 0.05) is 17.7 Å². The van der Waals surface area contributed by atoms with Gasteiger partial charge in [0.15, 0.2) is 17.3 Å². The lowest BCUT2D eigenvalue weighted by atomic mass is 9.97. The number of ketones is 1. The van der Waals surface area contributed by atoms with Gasteiger partial charge in [0.25, 0.3) is 5.69 Å². The third kappa shape index (κ3) is 5.74. The molecule has 0 aromatic heterocycles. The molecule has 0 atom stereocenters. The Balaban J connectivity index is 1.69. The maximum atomic E-state index is 12.8. The van der Waals surface area contributed by atoms with Crippen molar-refractivity contribution in [2.45, 2.75) is 12.8 Å². The van der Waals surface area contributed by atoms with E-state index in [-0.39, 0.29) is 29.1 Å². The predicted molar refractivity (Wildman–Crippen MR) is 123 cm³/mol. The zero-order chi connectivity index (χ0) is 23.8. The van der Waals surface area contributed by atoms with Crippen molar-refractivity contribution in [3.8, 4) is 11.5 Å². The van der Waals surface area contributed by atoms with Crippen LogP contribution in [0.2, 0.25) is 0 Å². The minimum atomic E-state index is -0.609. The quantitative estimate of drug-likeness (QED) is 0.288. The van der Waals surface area contributed by atoms with Gasteiger partial charge >= 0.3 is 0 Å². The zero-order valence-corrected chi connectivity index (χ0v) is 18.4. The van der Waals surface area contributed by atoms with E-state index in [0.29, 0.717) is 30.0 Å². The highest BCUT2D eigenvalue weighted by Crippen LogP contribution is 2.28. The Morgan fingerprint density at radius 3 is 2.33 bits per heavy atom. The molecule has 0 aliphatic carbocycles. The summed E-state index contributed by atoms with van der Waals surface area (Å²) in [4.78, 5) is 36.5. The molecular weight excluding hydrogens is 424 g/mol. The van der Waals surface area contributed by atoms with Crippen LogP contribution in [0, 0.1) is 10.1 Å². The molecule has 0 bridgehead atoms. The van der Waals surface area contributed by atoms with Crippen LogP contribution in [0.25, 0.3) is 0 Å². The molecule has 1 N–H and O–H groups in total. The first kappa shape index (κ1) is 23.5. The third-order valence-electron chi connectivity index (χ3n) is 5.12. The van der Waals surface area contributed by atoms with Gasteiger partial charge in [-0.15, -0.1) is 0 Å². The number of methoxy groups -OCH3 is 2. The number of para-hydroxylation sites is 1. The molecule has 0 fully saturated rings. The molecule has 3 aromatic carbocycles. The number of hydrogen-bond acceptors (Lipinski definition) is 6. The van der Waals surface area contributed by atoms with E-state index in [4.69, 9.17) is 9.47 Å². The monoisotopic (exact) mass is 448 g/mol. The van der Waals surface area contributed by atoms with Gasteiger partial charge in [-0.1, -0.05) is 48.5 Å². The average molecular weight is 448 g/mol. The number of nitrogens with one attached hydrogen (secondary N) is 1. The fourth-order valence-corrected chi connectivity index (χ4v) is 3.50. The number of hydrogen-bond donors (Lipinski definition) is 1. The number of carbonyl (C=O) groups excluding carboxylic acids is 2. The molecular formula is C25H24N2O6. The first-order chi connectivity index (χ1) is 15.9. The van der Waals surface area contributed by atoms with Crippen LogP contribution in [0.1, 0.15) is 27.0 Å². The highest BCUT2D eigenvalue weighted by Gasteiger charge is 2.26. The second-order valence-corrected chi connectivity index (χ2v) is 7.23. The summed E-state index contributed by atoms with van der Waals surface area (Å²) in [6.07, 6.45) is 0.332. The lowest BCUT2D eigenvalue weighted by Crippen LogP contribution is -2.27. The number of ether oxygens (including phenoxy) is 2.